The zero-order valence-corrected chi connectivity index (χ0v) is 13.4. The highest BCUT2D eigenvalue weighted by Gasteiger charge is 2.40. The predicted octanol–water partition coefficient (Wildman–Crippen LogP) is 2.66. The number of rotatable bonds is 5. The highest BCUT2D eigenvalue weighted by Crippen LogP contribution is 2.37. The molecule has 0 unspecified atom stereocenters. The van der Waals surface area contributed by atoms with Gasteiger partial charge in [0.05, 0.1) is 24.8 Å². The van der Waals surface area contributed by atoms with Crippen LogP contribution < -0.4 is 5.32 Å². The Morgan fingerprint density at radius 3 is 2.82 bits per heavy atom. The summed E-state index contributed by atoms with van der Waals surface area (Å²) >= 11 is 1.25. The number of ether oxygens (including phenoxy) is 1. The number of thiazole rings is 1. The van der Waals surface area contributed by atoms with Crippen molar-refractivity contribution in [2.75, 3.05) is 11.9 Å². The van der Waals surface area contributed by atoms with E-state index in [2.05, 4.69) is 16.4 Å². The van der Waals surface area contributed by atoms with E-state index in [0.29, 0.717) is 30.3 Å². The molecule has 1 heterocycles. The summed E-state index contributed by atoms with van der Waals surface area (Å²) in [6.45, 7) is 2.08. The smallest absolute Gasteiger partial charge is 0.311 e. The van der Waals surface area contributed by atoms with Gasteiger partial charge in [-0.1, -0.05) is 19.3 Å². The third kappa shape index (κ3) is 3.83. The van der Waals surface area contributed by atoms with Crippen LogP contribution in [0.15, 0.2) is 5.38 Å². The summed E-state index contributed by atoms with van der Waals surface area (Å²) in [5.74, 6) is -0.627. The zero-order chi connectivity index (χ0) is 16.0. The minimum Gasteiger partial charge on any atom is -0.466 e. The Bertz CT molecular complexity index is 585. The number of anilines is 1. The molecule has 0 saturated heterocycles. The molecule has 7 heteroatoms. The molecule has 22 heavy (non-hydrogen) atoms. The van der Waals surface area contributed by atoms with E-state index >= 15 is 0 Å². The van der Waals surface area contributed by atoms with Crippen LogP contribution in [0, 0.1) is 16.7 Å². The molecular formula is C15H19N3O3S. The number of hydrogen-bond acceptors (Lipinski definition) is 6. The molecule has 1 saturated carbocycles. The van der Waals surface area contributed by atoms with Gasteiger partial charge in [-0.05, 0) is 19.8 Å². The van der Waals surface area contributed by atoms with Gasteiger partial charge in [0.2, 0.25) is 5.91 Å². The van der Waals surface area contributed by atoms with E-state index in [1.54, 1.807) is 12.3 Å². The zero-order valence-electron chi connectivity index (χ0n) is 12.6. The maximum absolute atomic E-state index is 12.4. The normalized spacial score (nSPS) is 16.5. The number of hydrogen-bond donors (Lipinski definition) is 1. The van der Waals surface area contributed by atoms with Crippen LogP contribution in [-0.2, 0) is 20.7 Å². The molecule has 0 aromatic carbocycles. The molecule has 1 N–H and O–H groups in total. The Morgan fingerprint density at radius 1 is 1.45 bits per heavy atom. The largest absolute Gasteiger partial charge is 0.466 e. The summed E-state index contributed by atoms with van der Waals surface area (Å²) in [5, 5.41) is 14.2. The first-order valence-corrected chi connectivity index (χ1v) is 8.30. The van der Waals surface area contributed by atoms with Crippen molar-refractivity contribution in [1.82, 2.24) is 4.98 Å². The summed E-state index contributed by atoms with van der Waals surface area (Å²) in [7, 11) is 0. The van der Waals surface area contributed by atoms with Crippen molar-refractivity contribution in [2.24, 2.45) is 5.41 Å². The summed E-state index contributed by atoms with van der Waals surface area (Å²) in [6, 6.07) is 2.18. The van der Waals surface area contributed by atoms with Crippen LogP contribution in [0.2, 0.25) is 0 Å². The van der Waals surface area contributed by atoms with E-state index in [4.69, 9.17) is 4.74 Å². The Kier molecular flexibility index (Phi) is 5.50. The van der Waals surface area contributed by atoms with Gasteiger partial charge in [0, 0.05) is 5.38 Å². The fourth-order valence-corrected chi connectivity index (χ4v) is 3.27. The molecule has 0 spiro atoms. The molecular weight excluding hydrogens is 302 g/mol. The average Bonchev–Trinajstić information content (AvgIpc) is 2.95. The van der Waals surface area contributed by atoms with E-state index in [1.807, 2.05) is 0 Å². The molecule has 1 aromatic rings. The minimum absolute atomic E-state index is 0.0869. The molecule has 1 aliphatic carbocycles. The number of nitriles is 1. The lowest BCUT2D eigenvalue weighted by Crippen LogP contribution is -2.36. The van der Waals surface area contributed by atoms with Gasteiger partial charge in [0.25, 0.3) is 0 Å². The fourth-order valence-electron chi connectivity index (χ4n) is 2.57. The van der Waals surface area contributed by atoms with Crippen LogP contribution in [0.25, 0.3) is 0 Å². The lowest BCUT2D eigenvalue weighted by atomic mass is 9.74. The van der Waals surface area contributed by atoms with Crippen LogP contribution >= 0.6 is 11.3 Å². The molecule has 118 valence electrons. The summed E-state index contributed by atoms with van der Waals surface area (Å²) < 4.78 is 4.86. The highest BCUT2D eigenvalue weighted by atomic mass is 32.1. The molecule has 1 amide bonds. The van der Waals surface area contributed by atoms with Gasteiger partial charge in [-0.15, -0.1) is 11.3 Å². The standard InChI is InChI=1S/C15H19N3O3S/c1-2-21-12(19)8-11-9-22-14(17-11)18-13(20)15(10-16)6-4-3-5-7-15/h9H,2-8H2,1H3,(H,17,18,20). The first kappa shape index (κ1) is 16.4. The van der Waals surface area contributed by atoms with Gasteiger partial charge in [0.1, 0.15) is 5.41 Å². The summed E-state index contributed by atoms with van der Waals surface area (Å²) in [5.41, 5.74) is -0.376. The van der Waals surface area contributed by atoms with Crippen molar-refractivity contribution < 1.29 is 14.3 Å². The molecule has 1 fully saturated rings. The molecule has 0 radical (unpaired) electrons. The number of carbonyl (C=O) groups is 2. The maximum Gasteiger partial charge on any atom is 0.311 e. The second kappa shape index (κ2) is 7.36. The van der Waals surface area contributed by atoms with Gasteiger partial charge >= 0.3 is 5.97 Å². The van der Waals surface area contributed by atoms with Crippen LogP contribution in [-0.4, -0.2) is 23.5 Å². The first-order valence-electron chi connectivity index (χ1n) is 7.42. The maximum atomic E-state index is 12.4. The van der Waals surface area contributed by atoms with E-state index in [1.165, 1.54) is 11.3 Å². The van der Waals surface area contributed by atoms with E-state index in [9.17, 15) is 14.9 Å². The summed E-state index contributed by atoms with van der Waals surface area (Å²) in [6.07, 6.45) is 4.13. The Morgan fingerprint density at radius 2 is 2.18 bits per heavy atom. The third-order valence-electron chi connectivity index (χ3n) is 3.76. The lowest BCUT2D eigenvalue weighted by molar-refractivity contribution is -0.142. The van der Waals surface area contributed by atoms with Crippen LogP contribution in [0.4, 0.5) is 5.13 Å². The fraction of sp³-hybridized carbons (Fsp3) is 0.600. The van der Waals surface area contributed by atoms with E-state index in [-0.39, 0.29) is 18.3 Å². The Hall–Kier alpha value is -1.94. The molecule has 2 rings (SSSR count). The number of nitrogens with one attached hydrogen (secondary N) is 1. The number of amides is 1. The topological polar surface area (TPSA) is 92.1 Å². The van der Waals surface area contributed by atoms with Gasteiger partial charge in [0.15, 0.2) is 5.13 Å². The molecule has 0 bridgehead atoms. The van der Waals surface area contributed by atoms with Gasteiger partial charge in [-0.3, -0.25) is 9.59 Å². The van der Waals surface area contributed by atoms with Crippen LogP contribution in [0.3, 0.4) is 0 Å². The molecule has 0 atom stereocenters. The minimum atomic E-state index is -0.939. The van der Waals surface area contributed by atoms with Gasteiger partial charge in [-0.25, -0.2) is 4.98 Å². The van der Waals surface area contributed by atoms with Crippen molar-refractivity contribution in [1.29, 1.82) is 5.26 Å². The van der Waals surface area contributed by atoms with E-state index < -0.39 is 5.41 Å². The average molecular weight is 321 g/mol. The highest BCUT2D eigenvalue weighted by molar-refractivity contribution is 7.13. The molecule has 0 aliphatic heterocycles. The predicted molar refractivity (Wildman–Crippen MR) is 82.2 cm³/mol. The SMILES string of the molecule is CCOC(=O)Cc1csc(NC(=O)C2(C#N)CCCCC2)n1. The van der Waals surface area contributed by atoms with E-state index in [0.717, 1.165) is 19.3 Å². The van der Waals surface area contributed by atoms with Crippen molar-refractivity contribution in [3.63, 3.8) is 0 Å². The van der Waals surface area contributed by atoms with Crippen molar-refractivity contribution in [3.8, 4) is 6.07 Å². The second-order valence-electron chi connectivity index (χ2n) is 5.33. The van der Waals surface area contributed by atoms with Crippen molar-refractivity contribution in [2.45, 2.75) is 45.4 Å². The van der Waals surface area contributed by atoms with Crippen molar-refractivity contribution >= 4 is 28.3 Å². The number of aromatic nitrogens is 1. The number of carbonyl (C=O) groups excluding carboxylic acids is 2. The number of esters is 1. The molecule has 1 aliphatic rings. The van der Waals surface area contributed by atoms with Gasteiger partial charge < -0.3 is 10.1 Å². The third-order valence-corrected chi connectivity index (χ3v) is 4.57. The monoisotopic (exact) mass is 321 g/mol. The lowest BCUT2D eigenvalue weighted by Gasteiger charge is -2.28. The quantitative estimate of drug-likeness (QED) is 0.842. The van der Waals surface area contributed by atoms with Gasteiger partial charge in [-0.2, -0.15) is 5.26 Å². The first-order chi connectivity index (χ1) is 10.6. The Labute approximate surface area is 133 Å². The molecule has 6 nitrogen and oxygen atoms in total. The van der Waals surface area contributed by atoms with Crippen LogP contribution in [0.1, 0.15) is 44.7 Å². The van der Waals surface area contributed by atoms with Crippen molar-refractivity contribution in [3.05, 3.63) is 11.1 Å². The summed E-state index contributed by atoms with van der Waals surface area (Å²) in [4.78, 5) is 28.0. The Balaban J connectivity index is 1.98. The molecule has 1 aromatic heterocycles. The second-order valence-corrected chi connectivity index (χ2v) is 6.19. The van der Waals surface area contributed by atoms with Crippen LogP contribution in [0.5, 0.6) is 0 Å². The number of nitrogens with zero attached hydrogens (tertiary/aromatic N) is 2.